The predicted octanol–water partition coefficient (Wildman–Crippen LogP) is 3.27. The van der Waals surface area contributed by atoms with Crippen molar-refractivity contribution in [2.75, 3.05) is 5.32 Å². The maximum absolute atomic E-state index is 12.3. The van der Waals surface area contributed by atoms with Crippen molar-refractivity contribution >= 4 is 23.4 Å². The number of amides is 3. The largest absolute Gasteiger partial charge is 0.490 e. The van der Waals surface area contributed by atoms with Crippen LogP contribution in [0.1, 0.15) is 48.2 Å². The van der Waals surface area contributed by atoms with E-state index in [1.807, 2.05) is 45.9 Å². The quantitative estimate of drug-likeness (QED) is 0.625. The second-order valence-corrected chi connectivity index (χ2v) is 7.01. The van der Waals surface area contributed by atoms with Crippen LogP contribution in [0.25, 0.3) is 0 Å². The molecule has 0 saturated heterocycles. The Morgan fingerprint density at radius 3 is 2.28 bits per heavy atom. The molecule has 0 aliphatic heterocycles. The van der Waals surface area contributed by atoms with Crippen molar-refractivity contribution in [3.63, 3.8) is 0 Å². The maximum Gasteiger partial charge on any atom is 0.273 e. The highest BCUT2D eigenvalue weighted by Crippen LogP contribution is 2.19. The van der Waals surface area contributed by atoms with Crippen molar-refractivity contribution in [2.24, 2.45) is 0 Å². The molecule has 0 radical (unpaired) electrons. The Hall–Kier alpha value is -3.35. The fraction of sp³-hybridized carbons (Fsp3) is 0.318. The lowest BCUT2D eigenvalue weighted by atomic mass is 10.1. The van der Waals surface area contributed by atoms with Gasteiger partial charge in [0.2, 0.25) is 11.8 Å². The van der Waals surface area contributed by atoms with Crippen molar-refractivity contribution in [2.45, 2.75) is 46.6 Å². The van der Waals surface area contributed by atoms with Gasteiger partial charge in [-0.05, 0) is 63.1 Å². The number of carbonyl (C=O) groups is 3. The summed E-state index contributed by atoms with van der Waals surface area (Å²) in [7, 11) is 0. The number of aryl methyl sites for hydroxylation is 2. The fourth-order valence-electron chi connectivity index (χ4n) is 2.54. The van der Waals surface area contributed by atoms with E-state index in [9.17, 15) is 14.4 Å². The van der Waals surface area contributed by atoms with Gasteiger partial charge in [-0.2, -0.15) is 0 Å². The molecule has 7 nitrogen and oxygen atoms in total. The Labute approximate surface area is 170 Å². The van der Waals surface area contributed by atoms with Crippen LogP contribution >= 0.6 is 0 Å². The molecule has 0 spiro atoms. The summed E-state index contributed by atoms with van der Waals surface area (Å²) in [5, 5.41) is 2.76. The first-order valence-electron chi connectivity index (χ1n) is 9.48. The van der Waals surface area contributed by atoms with Gasteiger partial charge in [0.25, 0.3) is 5.91 Å². The molecule has 0 aliphatic rings. The van der Waals surface area contributed by atoms with Crippen LogP contribution in [0.4, 0.5) is 5.69 Å². The molecule has 0 aromatic heterocycles. The van der Waals surface area contributed by atoms with Crippen molar-refractivity contribution in [1.82, 2.24) is 10.9 Å². The molecule has 154 valence electrons. The number of hydrogen-bond acceptors (Lipinski definition) is 4. The van der Waals surface area contributed by atoms with E-state index in [0.29, 0.717) is 17.0 Å². The number of benzene rings is 2. The summed E-state index contributed by atoms with van der Waals surface area (Å²) < 4.78 is 5.60. The van der Waals surface area contributed by atoms with Crippen molar-refractivity contribution < 1.29 is 19.1 Å². The number of ether oxygens (including phenoxy) is 1. The smallest absolute Gasteiger partial charge is 0.273 e. The Kier molecular flexibility index (Phi) is 7.77. The molecule has 3 amide bonds. The molecule has 7 heteroatoms. The molecule has 0 bridgehead atoms. The lowest BCUT2D eigenvalue weighted by molar-refractivity contribution is -0.124. The van der Waals surface area contributed by atoms with E-state index in [1.165, 1.54) is 0 Å². The Morgan fingerprint density at radius 2 is 1.59 bits per heavy atom. The molecule has 29 heavy (non-hydrogen) atoms. The minimum Gasteiger partial charge on any atom is -0.490 e. The SMILES string of the molecule is Cc1ccc(NC(=O)CCC(=O)NNC(=O)c2ccccc2OC(C)C)cc1C. The van der Waals surface area contributed by atoms with E-state index in [4.69, 9.17) is 4.74 Å². The van der Waals surface area contributed by atoms with Crippen molar-refractivity contribution in [3.8, 4) is 5.75 Å². The van der Waals surface area contributed by atoms with E-state index >= 15 is 0 Å². The van der Waals surface area contributed by atoms with Crippen molar-refractivity contribution in [3.05, 3.63) is 59.2 Å². The summed E-state index contributed by atoms with van der Waals surface area (Å²) >= 11 is 0. The highest BCUT2D eigenvalue weighted by molar-refractivity contribution is 5.98. The molecule has 0 aliphatic carbocycles. The number of rotatable bonds is 7. The first-order valence-corrected chi connectivity index (χ1v) is 9.48. The summed E-state index contributed by atoms with van der Waals surface area (Å²) in [6, 6.07) is 12.4. The Bertz CT molecular complexity index is 893. The Morgan fingerprint density at radius 1 is 0.897 bits per heavy atom. The van der Waals surface area contributed by atoms with E-state index < -0.39 is 11.8 Å². The first-order chi connectivity index (χ1) is 13.8. The molecule has 0 heterocycles. The molecule has 2 aromatic rings. The van der Waals surface area contributed by atoms with E-state index in [1.54, 1.807) is 24.3 Å². The number of hydrogen-bond donors (Lipinski definition) is 3. The van der Waals surface area contributed by atoms with Gasteiger partial charge in [0, 0.05) is 18.5 Å². The van der Waals surface area contributed by atoms with Crippen LogP contribution < -0.4 is 20.9 Å². The normalized spacial score (nSPS) is 10.4. The van der Waals surface area contributed by atoms with Crippen LogP contribution in [0.5, 0.6) is 5.75 Å². The minimum absolute atomic E-state index is 0.00166. The lowest BCUT2D eigenvalue weighted by Gasteiger charge is -2.14. The molecule has 3 N–H and O–H groups in total. The van der Waals surface area contributed by atoms with E-state index in [0.717, 1.165) is 11.1 Å². The summed E-state index contributed by atoms with van der Waals surface area (Å²) in [6.45, 7) is 7.68. The highest BCUT2D eigenvalue weighted by Gasteiger charge is 2.14. The van der Waals surface area contributed by atoms with E-state index in [2.05, 4.69) is 16.2 Å². The number of nitrogens with one attached hydrogen (secondary N) is 3. The van der Waals surface area contributed by atoms with E-state index in [-0.39, 0.29) is 24.9 Å². The lowest BCUT2D eigenvalue weighted by Crippen LogP contribution is -2.42. The first kappa shape index (κ1) is 21.9. The zero-order chi connectivity index (χ0) is 21.4. The average Bonchev–Trinajstić information content (AvgIpc) is 2.67. The van der Waals surface area contributed by atoms with Crippen LogP contribution in [0, 0.1) is 13.8 Å². The van der Waals surface area contributed by atoms with Gasteiger partial charge in [-0.25, -0.2) is 0 Å². The molecule has 0 saturated carbocycles. The van der Waals surface area contributed by atoms with Gasteiger partial charge in [-0.15, -0.1) is 0 Å². The Balaban J connectivity index is 1.80. The molecule has 0 atom stereocenters. The molecule has 0 fully saturated rings. The molecule has 2 rings (SSSR count). The summed E-state index contributed by atoms with van der Waals surface area (Å²) in [6.07, 6.45) is -0.141. The average molecular weight is 397 g/mol. The molecular formula is C22H27N3O4. The van der Waals surface area contributed by atoms with Gasteiger partial charge >= 0.3 is 0 Å². The number of carbonyl (C=O) groups excluding carboxylic acids is 3. The molecule has 0 unspecified atom stereocenters. The standard InChI is InChI=1S/C22H27N3O4/c1-14(2)29-19-8-6-5-7-18(19)22(28)25-24-21(27)12-11-20(26)23-17-10-9-15(3)16(4)13-17/h5-10,13-14H,11-12H2,1-4H3,(H,23,26)(H,24,27)(H,25,28). The summed E-state index contributed by atoms with van der Waals surface area (Å²) in [5.41, 5.74) is 7.89. The highest BCUT2D eigenvalue weighted by atomic mass is 16.5. The van der Waals surface area contributed by atoms with Gasteiger partial charge in [0.05, 0.1) is 11.7 Å². The zero-order valence-electron chi connectivity index (χ0n) is 17.2. The van der Waals surface area contributed by atoms with Crippen LogP contribution in [0.15, 0.2) is 42.5 Å². The van der Waals surface area contributed by atoms with Gasteiger partial charge in [-0.1, -0.05) is 18.2 Å². The minimum atomic E-state index is -0.491. The number of para-hydroxylation sites is 1. The third kappa shape index (κ3) is 6.95. The van der Waals surface area contributed by atoms with Gasteiger partial charge in [0.15, 0.2) is 0 Å². The fourth-order valence-corrected chi connectivity index (χ4v) is 2.54. The summed E-state index contributed by atoms with van der Waals surface area (Å²) in [5.74, 6) is -0.794. The zero-order valence-corrected chi connectivity index (χ0v) is 17.2. The molecule has 2 aromatic carbocycles. The van der Waals surface area contributed by atoms with Crippen LogP contribution in [-0.2, 0) is 9.59 Å². The van der Waals surface area contributed by atoms with Crippen LogP contribution in [-0.4, -0.2) is 23.8 Å². The van der Waals surface area contributed by atoms with Crippen LogP contribution in [0.2, 0.25) is 0 Å². The van der Waals surface area contributed by atoms with Gasteiger partial charge < -0.3 is 10.1 Å². The number of anilines is 1. The van der Waals surface area contributed by atoms with Gasteiger partial charge in [0.1, 0.15) is 5.75 Å². The van der Waals surface area contributed by atoms with Crippen LogP contribution in [0.3, 0.4) is 0 Å². The maximum atomic E-state index is 12.3. The monoisotopic (exact) mass is 397 g/mol. The molecular weight excluding hydrogens is 370 g/mol. The predicted molar refractivity (Wildman–Crippen MR) is 112 cm³/mol. The second-order valence-electron chi connectivity index (χ2n) is 7.01. The second kappa shape index (κ2) is 10.3. The third-order valence-electron chi connectivity index (χ3n) is 4.18. The third-order valence-corrected chi connectivity index (χ3v) is 4.18. The summed E-state index contributed by atoms with van der Waals surface area (Å²) in [4.78, 5) is 36.3. The van der Waals surface area contributed by atoms with Crippen molar-refractivity contribution in [1.29, 1.82) is 0 Å². The number of hydrazine groups is 1. The van der Waals surface area contributed by atoms with Gasteiger partial charge in [-0.3, -0.25) is 25.2 Å². The topological polar surface area (TPSA) is 96.5 Å².